The van der Waals surface area contributed by atoms with Gasteiger partial charge in [-0.15, -0.1) is 11.3 Å². The molecule has 2 aromatic heterocycles. The number of aromatic nitrogens is 2. The third-order valence-corrected chi connectivity index (χ3v) is 4.45. The largest absolute Gasteiger partial charge is 0.434 e. The lowest BCUT2D eigenvalue weighted by Crippen LogP contribution is -2.15. The standard InChI is InChI=1S/C16H10F3N3OS/c1-9-21-15(16(17,18)19)13(24-9)8-22-7-10(6-20)14(23)11-4-2-3-5-12(11)22/h2-5,7H,8H2,1H3. The second-order valence-electron chi connectivity index (χ2n) is 5.13. The molecule has 122 valence electrons. The molecule has 1 aromatic carbocycles. The Hall–Kier alpha value is -2.66. The molecule has 0 unspecified atom stereocenters. The second kappa shape index (κ2) is 5.76. The molecule has 8 heteroatoms. The van der Waals surface area contributed by atoms with Gasteiger partial charge in [-0.1, -0.05) is 12.1 Å². The molecule has 3 aromatic rings. The van der Waals surface area contributed by atoms with Gasteiger partial charge in [-0.2, -0.15) is 18.4 Å². The number of fused-ring (bicyclic) bond motifs is 1. The van der Waals surface area contributed by atoms with Gasteiger partial charge in [0.25, 0.3) is 0 Å². The fourth-order valence-corrected chi connectivity index (χ4v) is 3.46. The lowest BCUT2D eigenvalue weighted by atomic mass is 10.1. The maximum Gasteiger partial charge on any atom is 0.434 e. The van der Waals surface area contributed by atoms with Crippen LogP contribution in [0.25, 0.3) is 10.9 Å². The van der Waals surface area contributed by atoms with Gasteiger partial charge in [-0.3, -0.25) is 4.79 Å². The first kappa shape index (κ1) is 16.2. The molecule has 0 spiro atoms. The number of hydrogen-bond acceptors (Lipinski definition) is 4. The molecule has 24 heavy (non-hydrogen) atoms. The molecule has 0 aliphatic heterocycles. The molecule has 3 rings (SSSR count). The van der Waals surface area contributed by atoms with Crippen molar-refractivity contribution < 1.29 is 13.2 Å². The molecule has 0 aliphatic rings. The minimum absolute atomic E-state index is 0.0395. The van der Waals surface area contributed by atoms with Crippen LogP contribution in [0.5, 0.6) is 0 Å². The molecule has 0 atom stereocenters. The number of pyridine rings is 1. The Morgan fingerprint density at radius 1 is 1.33 bits per heavy atom. The number of benzene rings is 1. The number of halogens is 3. The van der Waals surface area contributed by atoms with Gasteiger partial charge in [-0.25, -0.2) is 4.98 Å². The van der Waals surface area contributed by atoms with E-state index in [1.54, 1.807) is 30.3 Å². The van der Waals surface area contributed by atoms with Crippen LogP contribution in [0.15, 0.2) is 35.3 Å². The Morgan fingerprint density at radius 2 is 2.04 bits per heavy atom. The maximum atomic E-state index is 13.1. The fraction of sp³-hybridized carbons (Fsp3) is 0.188. The first-order valence-corrected chi connectivity index (χ1v) is 7.68. The molecular weight excluding hydrogens is 339 g/mol. The van der Waals surface area contributed by atoms with Crippen molar-refractivity contribution >= 4 is 22.2 Å². The minimum Gasteiger partial charge on any atom is -0.341 e. The Bertz CT molecular complexity index is 1030. The molecule has 0 radical (unpaired) electrons. The Morgan fingerprint density at radius 3 is 2.71 bits per heavy atom. The van der Waals surface area contributed by atoms with Crippen LogP contribution in [-0.4, -0.2) is 9.55 Å². The highest BCUT2D eigenvalue weighted by molar-refractivity contribution is 7.11. The summed E-state index contributed by atoms with van der Waals surface area (Å²) in [6.45, 7) is 1.39. The van der Waals surface area contributed by atoms with Gasteiger partial charge >= 0.3 is 6.18 Å². The summed E-state index contributed by atoms with van der Waals surface area (Å²) in [7, 11) is 0. The maximum absolute atomic E-state index is 13.1. The lowest BCUT2D eigenvalue weighted by Gasteiger charge is -2.12. The topological polar surface area (TPSA) is 58.7 Å². The summed E-state index contributed by atoms with van der Waals surface area (Å²) in [5.74, 6) is 0. The van der Waals surface area contributed by atoms with Crippen molar-refractivity contribution in [2.75, 3.05) is 0 Å². The molecule has 2 heterocycles. The van der Waals surface area contributed by atoms with Crippen LogP contribution in [0.1, 0.15) is 21.1 Å². The van der Waals surface area contributed by atoms with Crippen molar-refractivity contribution in [3.05, 3.63) is 61.8 Å². The normalized spacial score (nSPS) is 11.6. The van der Waals surface area contributed by atoms with Crippen molar-refractivity contribution in [1.82, 2.24) is 9.55 Å². The number of para-hydroxylation sites is 1. The Balaban J connectivity index is 2.21. The van der Waals surface area contributed by atoms with E-state index in [1.165, 1.54) is 17.7 Å². The number of nitriles is 1. The fourth-order valence-electron chi connectivity index (χ4n) is 2.51. The van der Waals surface area contributed by atoms with Crippen LogP contribution in [0, 0.1) is 18.3 Å². The quantitative estimate of drug-likeness (QED) is 0.709. The van der Waals surface area contributed by atoms with Gasteiger partial charge in [0.05, 0.1) is 21.9 Å². The van der Waals surface area contributed by atoms with E-state index in [9.17, 15) is 18.0 Å². The average molecular weight is 349 g/mol. The molecule has 0 aliphatic carbocycles. The summed E-state index contributed by atoms with van der Waals surface area (Å²) in [5.41, 5.74) is -0.989. The van der Waals surface area contributed by atoms with E-state index in [-0.39, 0.29) is 17.0 Å². The van der Waals surface area contributed by atoms with E-state index in [4.69, 9.17) is 5.26 Å². The van der Waals surface area contributed by atoms with Crippen molar-refractivity contribution in [3.8, 4) is 6.07 Å². The van der Waals surface area contributed by atoms with Gasteiger partial charge in [0.2, 0.25) is 5.43 Å². The van der Waals surface area contributed by atoms with E-state index >= 15 is 0 Å². The zero-order valence-electron chi connectivity index (χ0n) is 12.4. The number of aryl methyl sites for hydroxylation is 1. The van der Waals surface area contributed by atoms with Crippen LogP contribution in [0.3, 0.4) is 0 Å². The molecular formula is C16H10F3N3OS. The third-order valence-electron chi connectivity index (χ3n) is 3.49. The SMILES string of the molecule is Cc1nc(C(F)(F)F)c(Cn2cc(C#N)c(=O)c3ccccc32)s1. The summed E-state index contributed by atoms with van der Waals surface area (Å²) in [4.78, 5) is 15.8. The predicted octanol–water partition coefficient (Wildman–Crippen LogP) is 3.71. The highest BCUT2D eigenvalue weighted by Gasteiger charge is 2.37. The van der Waals surface area contributed by atoms with E-state index in [1.807, 2.05) is 0 Å². The second-order valence-corrected chi connectivity index (χ2v) is 6.42. The number of alkyl halides is 3. The molecule has 4 nitrogen and oxygen atoms in total. The monoisotopic (exact) mass is 349 g/mol. The molecule has 0 saturated heterocycles. The highest BCUT2D eigenvalue weighted by atomic mass is 32.1. The van der Waals surface area contributed by atoms with Gasteiger partial charge in [0.1, 0.15) is 11.6 Å². The molecule has 0 saturated carbocycles. The van der Waals surface area contributed by atoms with Crippen LogP contribution < -0.4 is 5.43 Å². The Kier molecular flexibility index (Phi) is 3.89. The van der Waals surface area contributed by atoms with Crippen molar-refractivity contribution in [2.24, 2.45) is 0 Å². The van der Waals surface area contributed by atoms with Crippen LogP contribution in [-0.2, 0) is 12.7 Å². The summed E-state index contributed by atoms with van der Waals surface area (Å²) in [6.07, 6.45) is -3.26. The van der Waals surface area contributed by atoms with Crippen LogP contribution >= 0.6 is 11.3 Å². The number of nitrogens with zero attached hydrogens (tertiary/aromatic N) is 3. The predicted molar refractivity (Wildman–Crippen MR) is 83.9 cm³/mol. The summed E-state index contributed by atoms with van der Waals surface area (Å²) in [6, 6.07) is 8.32. The summed E-state index contributed by atoms with van der Waals surface area (Å²) in [5, 5.41) is 9.71. The Labute approximate surface area is 138 Å². The van der Waals surface area contributed by atoms with E-state index in [0.717, 1.165) is 11.3 Å². The zero-order valence-corrected chi connectivity index (χ0v) is 13.2. The van der Waals surface area contributed by atoms with E-state index < -0.39 is 17.3 Å². The van der Waals surface area contributed by atoms with E-state index in [0.29, 0.717) is 15.9 Å². The first-order chi connectivity index (χ1) is 11.3. The number of thiazole rings is 1. The van der Waals surface area contributed by atoms with Gasteiger partial charge in [0, 0.05) is 11.6 Å². The average Bonchev–Trinajstić information content (AvgIpc) is 2.91. The van der Waals surface area contributed by atoms with Crippen LogP contribution in [0.4, 0.5) is 13.2 Å². The zero-order chi connectivity index (χ0) is 17.5. The summed E-state index contributed by atoms with van der Waals surface area (Å²) < 4.78 is 40.8. The lowest BCUT2D eigenvalue weighted by molar-refractivity contribution is -0.141. The molecule has 0 amide bonds. The van der Waals surface area contributed by atoms with Gasteiger partial charge < -0.3 is 4.57 Å². The van der Waals surface area contributed by atoms with Crippen LogP contribution in [0.2, 0.25) is 0 Å². The van der Waals surface area contributed by atoms with Gasteiger partial charge in [-0.05, 0) is 19.1 Å². The smallest absolute Gasteiger partial charge is 0.341 e. The van der Waals surface area contributed by atoms with Crippen molar-refractivity contribution in [2.45, 2.75) is 19.6 Å². The van der Waals surface area contributed by atoms with Crippen molar-refractivity contribution in [3.63, 3.8) is 0 Å². The van der Waals surface area contributed by atoms with E-state index in [2.05, 4.69) is 4.98 Å². The molecule has 0 N–H and O–H groups in total. The minimum atomic E-state index is -4.55. The van der Waals surface area contributed by atoms with Crippen molar-refractivity contribution in [1.29, 1.82) is 5.26 Å². The molecule has 0 bridgehead atoms. The van der Waals surface area contributed by atoms with Gasteiger partial charge in [0.15, 0.2) is 5.69 Å². The number of rotatable bonds is 2. The third kappa shape index (κ3) is 2.78. The highest BCUT2D eigenvalue weighted by Crippen LogP contribution is 2.34. The molecule has 0 fully saturated rings. The number of hydrogen-bond donors (Lipinski definition) is 0. The first-order valence-electron chi connectivity index (χ1n) is 6.87. The summed E-state index contributed by atoms with van der Waals surface area (Å²) >= 11 is 0.949.